The van der Waals surface area contributed by atoms with Gasteiger partial charge < -0.3 is 10.4 Å². The zero-order valence-electron chi connectivity index (χ0n) is 6.97. The van der Waals surface area contributed by atoms with Gasteiger partial charge in [-0.15, -0.1) is 0 Å². The summed E-state index contributed by atoms with van der Waals surface area (Å²) in [6.07, 6.45) is 0. The van der Waals surface area contributed by atoms with Crippen LogP contribution in [0.4, 0.5) is 0 Å². The Hall–Kier alpha value is -0.730. The van der Waals surface area contributed by atoms with Crippen LogP contribution in [0.5, 0.6) is 5.75 Å². The second-order valence-electron chi connectivity index (χ2n) is 2.53. The molecule has 0 atom stereocenters. The van der Waals surface area contributed by atoms with Crippen molar-refractivity contribution in [2.24, 2.45) is 0 Å². The fraction of sp³-hybridized carbons (Fsp3) is 0.333. The van der Waals surface area contributed by atoms with E-state index in [2.05, 4.69) is 5.32 Å². The third kappa shape index (κ3) is 2.13. The first kappa shape index (κ1) is 9.36. The molecular weight excluding hydrogens is 174 g/mol. The van der Waals surface area contributed by atoms with Crippen molar-refractivity contribution >= 4 is 11.6 Å². The molecule has 2 nitrogen and oxygen atoms in total. The van der Waals surface area contributed by atoms with Gasteiger partial charge in [0.25, 0.3) is 0 Å². The van der Waals surface area contributed by atoms with Crippen LogP contribution in [0, 0.1) is 0 Å². The van der Waals surface area contributed by atoms with E-state index in [1.54, 1.807) is 6.07 Å². The number of aromatic hydroxyl groups is 1. The highest BCUT2D eigenvalue weighted by atomic mass is 35.5. The topological polar surface area (TPSA) is 32.3 Å². The molecule has 0 aliphatic rings. The lowest BCUT2D eigenvalue weighted by Crippen LogP contribution is -2.11. The minimum Gasteiger partial charge on any atom is -0.506 e. The molecule has 3 heteroatoms. The monoisotopic (exact) mass is 185 g/mol. The van der Waals surface area contributed by atoms with Gasteiger partial charge in [-0.05, 0) is 12.6 Å². The highest BCUT2D eigenvalue weighted by Crippen LogP contribution is 2.26. The van der Waals surface area contributed by atoms with Crippen LogP contribution in [0.3, 0.4) is 0 Å². The zero-order chi connectivity index (χ0) is 8.97. The van der Waals surface area contributed by atoms with Crippen LogP contribution in [-0.4, -0.2) is 11.7 Å². The fourth-order valence-corrected chi connectivity index (χ4v) is 1.16. The second-order valence-corrected chi connectivity index (χ2v) is 2.94. The molecule has 0 heterocycles. The Morgan fingerprint density at radius 2 is 2.25 bits per heavy atom. The van der Waals surface area contributed by atoms with Crippen LogP contribution < -0.4 is 5.32 Å². The summed E-state index contributed by atoms with van der Waals surface area (Å²) in [6.45, 7) is 3.55. The van der Waals surface area contributed by atoms with Crippen molar-refractivity contribution in [2.45, 2.75) is 13.5 Å². The molecule has 0 spiro atoms. The van der Waals surface area contributed by atoms with Gasteiger partial charge in [-0.25, -0.2) is 0 Å². The Kier molecular flexibility index (Phi) is 3.38. The van der Waals surface area contributed by atoms with Gasteiger partial charge in [-0.3, -0.25) is 0 Å². The smallest absolute Gasteiger partial charge is 0.138 e. The molecule has 0 bridgehead atoms. The lowest BCUT2D eigenvalue weighted by atomic mass is 10.2. The summed E-state index contributed by atoms with van der Waals surface area (Å²) in [6, 6.07) is 5.35. The average molecular weight is 186 g/mol. The number of halogens is 1. The molecule has 0 aliphatic heterocycles. The van der Waals surface area contributed by atoms with E-state index in [1.807, 2.05) is 19.1 Å². The molecule has 12 heavy (non-hydrogen) atoms. The summed E-state index contributed by atoms with van der Waals surface area (Å²) >= 11 is 5.71. The Morgan fingerprint density at radius 1 is 1.50 bits per heavy atom. The number of phenolic OH excluding ortho intramolecular Hbond substituents is 1. The van der Waals surface area contributed by atoms with Gasteiger partial charge in [-0.1, -0.05) is 30.7 Å². The van der Waals surface area contributed by atoms with E-state index in [9.17, 15) is 5.11 Å². The minimum absolute atomic E-state index is 0.181. The fourth-order valence-electron chi connectivity index (χ4n) is 0.962. The van der Waals surface area contributed by atoms with Crippen molar-refractivity contribution in [3.63, 3.8) is 0 Å². The van der Waals surface area contributed by atoms with E-state index in [4.69, 9.17) is 11.6 Å². The number of phenols is 1. The van der Waals surface area contributed by atoms with Gasteiger partial charge in [0, 0.05) is 12.1 Å². The van der Waals surface area contributed by atoms with Crippen molar-refractivity contribution in [1.29, 1.82) is 0 Å². The molecule has 0 aliphatic carbocycles. The summed E-state index contributed by atoms with van der Waals surface area (Å²) in [7, 11) is 0. The largest absolute Gasteiger partial charge is 0.506 e. The van der Waals surface area contributed by atoms with Crippen LogP contribution in [0.2, 0.25) is 5.02 Å². The van der Waals surface area contributed by atoms with Gasteiger partial charge >= 0.3 is 0 Å². The maximum absolute atomic E-state index is 9.45. The SMILES string of the molecule is CCNCc1cccc(Cl)c1O. The molecule has 0 fully saturated rings. The Labute approximate surface area is 77.2 Å². The number of benzene rings is 1. The van der Waals surface area contributed by atoms with Gasteiger partial charge in [-0.2, -0.15) is 0 Å². The molecule has 0 unspecified atom stereocenters. The van der Waals surface area contributed by atoms with Crippen LogP contribution in [0.25, 0.3) is 0 Å². The molecule has 66 valence electrons. The van der Waals surface area contributed by atoms with E-state index < -0.39 is 0 Å². The third-order valence-electron chi connectivity index (χ3n) is 1.64. The maximum atomic E-state index is 9.45. The van der Waals surface area contributed by atoms with Crippen molar-refractivity contribution in [3.05, 3.63) is 28.8 Å². The molecule has 1 rings (SSSR count). The molecule has 1 aromatic carbocycles. The molecule has 0 saturated heterocycles. The number of hydrogen-bond donors (Lipinski definition) is 2. The average Bonchev–Trinajstić information content (AvgIpc) is 2.08. The first-order valence-electron chi connectivity index (χ1n) is 3.92. The highest BCUT2D eigenvalue weighted by molar-refractivity contribution is 6.32. The van der Waals surface area contributed by atoms with Crippen LogP contribution in [-0.2, 0) is 6.54 Å². The van der Waals surface area contributed by atoms with Crippen molar-refractivity contribution in [2.75, 3.05) is 6.54 Å². The quantitative estimate of drug-likeness (QED) is 0.757. The third-order valence-corrected chi connectivity index (χ3v) is 1.94. The van der Waals surface area contributed by atoms with E-state index in [-0.39, 0.29) is 5.75 Å². The standard InChI is InChI=1S/C9H12ClNO/c1-2-11-6-7-4-3-5-8(10)9(7)12/h3-5,11-12H,2,6H2,1H3. The molecule has 0 aromatic heterocycles. The summed E-state index contributed by atoms with van der Waals surface area (Å²) in [4.78, 5) is 0. The van der Waals surface area contributed by atoms with E-state index >= 15 is 0 Å². The summed E-state index contributed by atoms with van der Waals surface area (Å²) in [5.41, 5.74) is 0.837. The first-order chi connectivity index (χ1) is 5.75. The number of rotatable bonds is 3. The van der Waals surface area contributed by atoms with Gasteiger partial charge in [0.2, 0.25) is 0 Å². The van der Waals surface area contributed by atoms with Crippen LogP contribution in [0.15, 0.2) is 18.2 Å². The Balaban J connectivity index is 2.78. The zero-order valence-corrected chi connectivity index (χ0v) is 7.73. The second kappa shape index (κ2) is 4.33. The normalized spacial score (nSPS) is 10.2. The number of nitrogens with one attached hydrogen (secondary N) is 1. The first-order valence-corrected chi connectivity index (χ1v) is 4.30. The van der Waals surface area contributed by atoms with Gasteiger partial charge in [0.1, 0.15) is 5.75 Å². The Morgan fingerprint density at radius 3 is 2.92 bits per heavy atom. The molecular formula is C9H12ClNO. The van der Waals surface area contributed by atoms with Crippen molar-refractivity contribution < 1.29 is 5.11 Å². The summed E-state index contributed by atoms with van der Waals surface area (Å²) in [5.74, 6) is 0.181. The predicted octanol–water partition coefficient (Wildman–Crippen LogP) is 2.16. The number of para-hydroxylation sites is 1. The predicted molar refractivity (Wildman–Crippen MR) is 50.5 cm³/mol. The summed E-state index contributed by atoms with van der Waals surface area (Å²) in [5, 5.41) is 13.0. The van der Waals surface area contributed by atoms with Crippen LogP contribution in [0.1, 0.15) is 12.5 Å². The van der Waals surface area contributed by atoms with E-state index in [0.29, 0.717) is 11.6 Å². The lowest BCUT2D eigenvalue weighted by molar-refractivity contribution is 0.465. The van der Waals surface area contributed by atoms with Crippen LogP contribution >= 0.6 is 11.6 Å². The summed E-state index contributed by atoms with van der Waals surface area (Å²) < 4.78 is 0. The van der Waals surface area contributed by atoms with Crippen molar-refractivity contribution in [3.8, 4) is 5.75 Å². The maximum Gasteiger partial charge on any atom is 0.138 e. The number of hydrogen-bond acceptors (Lipinski definition) is 2. The molecule has 0 saturated carbocycles. The van der Waals surface area contributed by atoms with Crippen molar-refractivity contribution in [1.82, 2.24) is 5.32 Å². The molecule has 0 radical (unpaired) electrons. The molecule has 2 N–H and O–H groups in total. The van der Waals surface area contributed by atoms with E-state index in [0.717, 1.165) is 12.1 Å². The highest BCUT2D eigenvalue weighted by Gasteiger charge is 2.02. The lowest BCUT2D eigenvalue weighted by Gasteiger charge is -2.05. The van der Waals surface area contributed by atoms with Gasteiger partial charge in [0.15, 0.2) is 0 Å². The minimum atomic E-state index is 0.181. The van der Waals surface area contributed by atoms with Gasteiger partial charge in [0.05, 0.1) is 5.02 Å². The Bertz CT molecular complexity index is 263. The molecule has 1 aromatic rings. The molecule has 0 amide bonds. The van der Waals surface area contributed by atoms with E-state index in [1.165, 1.54) is 0 Å².